The third kappa shape index (κ3) is 7.10. The van der Waals surface area contributed by atoms with Crippen LogP contribution in [0.3, 0.4) is 0 Å². The van der Waals surface area contributed by atoms with Gasteiger partial charge in [-0.2, -0.15) is 0 Å². The topological polar surface area (TPSA) is 96.7 Å². The molecule has 0 saturated heterocycles. The van der Waals surface area contributed by atoms with Crippen molar-refractivity contribution in [3.05, 3.63) is 42.2 Å². The van der Waals surface area contributed by atoms with Crippen molar-refractivity contribution in [3.8, 4) is 0 Å². The standard InChI is InChI=1S/C19H26N4O4/c1-3-15-7-5-8-16(13-15)20-19(25)23(10-6-11-26-4-2)14-18(24)21-17-9-12-27-22-17/h5,7-9,12-13H,3-4,6,10-11,14H2,1-2H3,(H,20,25)(H,21,22,24). The fourth-order valence-corrected chi connectivity index (χ4v) is 2.46. The van der Waals surface area contributed by atoms with E-state index < -0.39 is 0 Å². The van der Waals surface area contributed by atoms with E-state index in [1.807, 2.05) is 31.2 Å². The number of ether oxygens (including phenoxy) is 1. The van der Waals surface area contributed by atoms with Gasteiger partial charge in [-0.05, 0) is 37.5 Å². The van der Waals surface area contributed by atoms with E-state index in [4.69, 9.17) is 4.74 Å². The molecule has 0 spiro atoms. The van der Waals surface area contributed by atoms with Crippen LogP contribution >= 0.6 is 0 Å². The van der Waals surface area contributed by atoms with Crippen molar-refractivity contribution in [3.63, 3.8) is 0 Å². The van der Waals surface area contributed by atoms with Crippen molar-refractivity contribution >= 4 is 23.4 Å². The van der Waals surface area contributed by atoms with Crippen molar-refractivity contribution in [1.82, 2.24) is 10.1 Å². The summed E-state index contributed by atoms with van der Waals surface area (Å²) in [5.41, 5.74) is 1.82. The number of nitrogens with zero attached hydrogens (tertiary/aromatic N) is 2. The van der Waals surface area contributed by atoms with Crippen LogP contribution in [0.4, 0.5) is 16.3 Å². The molecule has 27 heavy (non-hydrogen) atoms. The highest BCUT2D eigenvalue weighted by Crippen LogP contribution is 2.12. The van der Waals surface area contributed by atoms with Gasteiger partial charge in [0.1, 0.15) is 12.8 Å². The summed E-state index contributed by atoms with van der Waals surface area (Å²) in [6.07, 6.45) is 2.87. The summed E-state index contributed by atoms with van der Waals surface area (Å²) in [5, 5.41) is 9.08. The fourth-order valence-electron chi connectivity index (χ4n) is 2.46. The molecule has 2 N–H and O–H groups in total. The average Bonchev–Trinajstić information content (AvgIpc) is 3.17. The summed E-state index contributed by atoms with van der Waals surface area (Å²) < 4.78 is 10.0. The second-order valence-corrected chi connectivity index (χ2v) is 5.89. The van der Waals surface area contributed by atoms with Crippen molar-refractivity contribution in [2.45, 2.75) is 26.7 Å². The maximum absolute atomic E-state index is 12.7. The number of carbonyl (C=O) groups is 2. The molecule has 1 heterocycles. The van der Waals surface area contributed by atoms with Gasteiger partial charge >= 0.3 is 6.03 Å². The molecule has 8 nitrogen and oxygen atoms in total. The zero-order valence-corrected chi connectivity index (χ0v) is 15.7. The van der Waals surface area contributed by atoms with Crippen LogP contribution < -0.4 is 10.6 Å². The van der Waals surface area contributed by atoms with E-state index in [-0.39, 0.29) is 18.5 Å². The normalized spacial score (nSPS) is 10.4. The second-order valence-electron chi connectivity index (χ2n) is 5.89. The Hall–Kier alpha value is -2.87. The van der Waals surface area contributed by atoms with Crippen LogP contribution in [0, 0.1) is 0 Å². The lowest BCUT2D eigenvalue weighted by Gasteiger charge is -2.22. The Morgan fingerprint density at radius 3 is 2.78 bits per heavy atom. The highest BCUT2D eigenvalue weighted by atomic mass is 16.5. The summed E-state index contributed by atoms with van der Waals surface area (Å²) in [4.78, 5) is 26.3. The van der Waals surface area contributed by atoms with E-state index in [1.165, 1.54) is 17.2 Å². The number of benzene rings is 1. The smallest absolute Gasteiger partial charge is 0.322 e. The van der Waals surface area contributed by atoms with Gasteiger partial charge in [-0.1, -0.05) is 24.2 Å². The minimum atomic E-state index is -0.349. The van der Waals surface area contributed by atoms with Crippen molar-refractivity contribution in [1.29, 1.82) is 0 Å². The molecule has 8 heteroatoms. The Morgan fingerprint density at radius 2 is 2.07 bits per heavy atom. The second kappa shape index (κ2) is 11.0. The zero-order valence-electron chi connectivity index (χ0n) is 15.7. The van der Waals surface area contributed by atoms with E-state index in [0.717, 1.165) is 12.0 Å². The molecular formula is C19H26N4O4. The Kier molecular flexibility index (Phi) is 8.31. The van der Waals surface area contributed by atoms with Gasteiger partial charge in [0.25, 0.3) is 0 Å². The summed E-state index contributed by atoms with van der Waals surface area (Å²) in [7, 11) is 0. The highest BCUT2D eigenvalue weighted by Gasteiger charge is 2.18. The first-order valence-electron chi connectivity index (χ1n) is 9.05. The molecule has 1 aromatic heterocycles. The molecule has 3 amide bonds. The van der Waals surface area contributed by atoms with Crippen molar-refractivity contribution in [2.24, 2.45) is 0 Å². The van der Waals surface area contributed by atoms with Crippen LogP contribution in [0.1, 0.15) is 25.8 Å². The molecule has 0 aliphatic carbocycles. The van der Waals surface area contributed by atoms with Crippen LogP contribution in [0.25, 0.3) is 0 Å². The van der Waals surface area contributed by atoms with Crippen LogP contribution in [0.5, 0.6) is 0 Å². The Balaban J connectivity index is 1.98. The molecule has 0 unspecified atom stereocenters. The number of urea groups is 1. The van der Waals surface area contributed by atoms with Crippen molar-refractivity contribution in [2.75, 3.05) is 36.9 Å². The Morgan fingerprint density at radius 1 is 1.22 bits per heavy atom. The third-order valence-corrected chi connectivity index (χ3v) is 3.83. The van der Waals surface area contributed by atoms with Crippen LogP contribution in [-0.4, -0.2) is 48.3 Å². The summed E-state index contributed by atoms with van der Waals surface area (Å²) >= 11 is 0. The average molecular weight is 374 g/mol. The maximum atomic E-state index is 12.7. The molecule has 2 rings (SSSR count). The molecule has 0 bridgehead atoms. The number of rotatable bonds is 10. The van der Waals surface area contributed by atoms with Gasteiger partial charge in [0, 0.05) is 31.5 Å². The number of hydrogen-bond donors (Lipinski definition) is 2. The summed E-state index contributed by atoms with van der Waals surface area (Å²) in [6.45, 7) is 5.40. The molecule has 0 aliphatic rings. The van der Waals surface area contributed by atoms with Crippen LogP contribution in [0.2, 0.25) is 0 Å². The van der Waals surface area contributed by atoms with E-state index in [9.17, 15) is 9.59 Å². The predicted molar refractivity (Wildman–Crippen MR) is 103 cm³/mol. The molecule has 0 saturated carbocycles. The zero-order chi connectivity index (χ0) is 19.5. The number of carbonyl (C=O) groups excluding carboxylic acids is 2. The molecular weight excluding hydrogens is 348 g/mol. The number of amides is 3. The summed E-state index contributed by atoms with van der Waals surface area (Å²) in [5.74, 6) is -0.0388. The first kappa shape index (κ1) is 20.4. The van der Waals surface area contributed by atoms with Crippen LogP contribution in [-0.2, 0) is 16.0 Å². The maximum Gasteiger partial charge on any atom is 0.322 e. The molecule has 1 aromatic carbocycles. The first-order valence-corrected chi connectivity index (χ1v) is 9.05. The van der Waals surface area contributed by atoms with E-state index in [0.29, 0.717) is 37.7 Å². The van der Waals surface area contributed by atoms with Gasteiger partial charge in [-0.15, -0.1) is 0 Å². The van der Waals surface area contributed by atoms with Gasteiger partial charge in [0.05, 0.1) is 0 Å². The van der Waals surface area contributed by atoms with Gasteiger partial charge in [-0.3, -0.25) is 4.79 Å². The number of hydrogen-bond acceptors (Lipinski definition) is 5. The van der Waals surface area contributed by atoms with Gasteiger partial charge < -0.3 is 24.8 Å². The summed E-state index contributed by atoms with van der Waals surface area (Å²) in [6, 6.07) is 8.84. The Labute approximate surface area is 158 Å². The monoisotopic (exact) mass is 374 g/mol. The molecule has 146 valence electrons. The van der Waals surface area contributed by atoms with E-state index >= 15 is 0 Å². The predicted octanol–water partition coefficient (Wildman–Crippen LogP) is 3.14. The SMILES string of the molecule is CCOCCCN(CC(=O)Nc1ccon1)C(=O)Nc1cccc(CC)c1. The van der Waals surface area contributed by atoms with Gasteiger partial charge in [-0.25, -0.2) is 4.79 Å². The lowest BCUT2D eigenvalue weighted by Crippen LogP contribution is -2.41. The number of aromatic nitrogens is 1. The minimum Gasteiger partial charge on any atom is -0.382 e. The molecule has 0 fully saturated rings. The third-order valence-electron chi connectivity index (χ3n) is 3.83. The minimum absolute atomic E-state index is 0.0989. The van der Waals surface area contributed by atoms with Gasteiger partial charge in [0.2, 0.25) is 5.91 Å². The lowest BCUT2D eigenvalue weighted by molar-refractivity contribution is -0.116. The molecule has 2 aromatic rings. The first-order chi connectivity index (χ1) is 13.1. The van der Waals surface area contributed by atoms with Crippen LogP contribution in [0.15, 0.2) is 41.1 Å². The largest absolute Gasteiger partial charge is 0.382 e. The Bertz CT molecular complexity index is 718. The quantitative estimate of drug-likeness (QED) is 0.623. The van der Waals surface area contributed by atoms with Gasteiger partial charge in [0.15, 0.2) is 5.82 Å². The van der Waals surface area contributed by atoms with E-state index in [1.54, 1.807) is 0 Å². The lowest BCUT2D eigenvalue weighted by atomic mass is 10.1. The molecule has 0 radical (unpaired) electrons. The number of anilines is 2. The number of aryl methyl sites for hydroxylation is 1. The molecule has 0 aliphatic heterocycles. The highest BCUT2D eigenvalue weighted by molar-refractivity contribution is 5.96. The van der Waals surface area contributed by atoms with Crippen molar-refractivity contribution < 1.29 is 18.8 Å². The number of nitrogens with one attached hydrogen (secondary N) is 2. The van der Waals surface area contributed by atoms with E-state index in [2.05, 4.69) is 27.2 Å². The fraction of sp³-hybridized carbons (Fsp3) is 0.421. The molecule has 0 atom stereocenters.